The molecule has 1 rings (SSSR count). The number of rotatable bonds is 2. The highest BCUT2D eigenvalue weighted by Gasteiger charge is 2.18. The van der Waals surface area contributed by atoms with Gasteiger partial charge < -0.3 is 10.2 Å². The van der Waals surface area contributed by atoms with Gasteiger partial charge in [-0.2, -0.15) is 0 Å². The average Bonchev–Trinajstić information content (AvgIpc) is 2.08. The van der Waals surface area contributed by atoms with Crippen LogP contribution in [0.15, 0.2) is 16.6 Å². The number of hydrogen-bond acceptors (Lipinski definition) is 2. The summed E-state index contributed by atoms with van der Waals surface area (Å²) < 4.78 is 12.8. The summed E-state index contributed by atoms with van der Waals surface area (Å²) in [4.78, 5) is 21.1. The Morgan fingerprint density at radius 3 is 2.00 bits per heavy atom. The Morgan fingerprint density at radius 2 is 1.57 bits per heavy atom. The van der Waals surface area contributed by atoms with Gasteiger partial charge in [0, 0.05) is 0 Å². The lowest BCUT2D eigenvalue weighted by molar-refractivity contribution is 0.0651. The Labute approximate surface area is 86.1 Å². The molecule has 0 saturated carbocycles. The van der Waals surface area contributed by atoms with E-state index in [1.165, 1.54) is 0 Å². The fraction of sp³-hybridized carbons (Fsp3) is 0. The fourth-order valence-corrected chi connectivity index (χ4v) is 1.24. The highest BCUT2D eigenvalue weighted by atomic mass is 79.9. The van der Waals surface area contributed by atoms with Crippen molar-refractivity contribution in [2.75, 3.05) is 0 Å². The number of aromatic carboxylic acids is 2. The largest absolute Gasteiger partial charge is 0.478 e. The van der Waals surface area contributed by atoms with Crippen LogP contribution in [0.4, 0.5) is 4.39 Å². The third-order valence-electron chi connectivity index (χ3n) is 1.52. The molecule has 0 bridgehead atoms. The van der Waals surface area contributed by atoms with Gasteiger partial charge in [0.1, 0.15) is 5.82 Å². The van der Waals surface area contributed by atoms with Crippen LogP contribution in [0, 0.1) is 5.82 Å². The van der Waals surface area contributed by atoms with Crippen molar-refractivity contribution < 1.29 is 24.2 Å². The second-order valence-corrected chi connectivity index (χ2v) is 3.28. The lowest BCUT2D eigenvalue weighted by atomic mass is 10.1. The molecule has 0 aliphatic rings. The molecule has 0 radical (unpaired) electrons. The Morgan fingerprint density at radius 1 is 1.14 bits per heavy atom. The SMILES string of the molecule is O=C(O)c1cc(F)c(Br)cc1C(=O)O. The van der Waals surface area contributed by atoms with Crippen LogP contribution in [0.3, 0.4) is 0 Å². The molecule has 0 spiro atoms. The molecule has 0 unspecified atom stereocenters. The van der Waals surface area contributed by atoms with Gasteiger partial charge in [-0.3, -0.25) is 0 Å². The quantitative estimate of drug-likeness (QED) is 0.855. The Hall–Kier alpha value is -1.43. The first-order chi connectivity index (χ1) is 6.43. The van der Waals surface area contributed by atoms with Gasteiger partial charge in [0.15, 0.2) is 0 Å². The number of hydrogen-bond donors (Lipinski definition) is 2. The molecular formula is C8H4BrFO4. The van der Waals surface area contributed by atoms with Gasteiger partial charge in [-0.05, 0) is 28.1 Å². The summed E-state index contributed by atoms with van der Waals surface area (Å²) in [5.41, 5.74) is -1.02. The Bertz CT molecular complexity index is 377. The normalized spacial score (nSPS) is 9.86. The zero-order valence-electron chi connectivity index (χ0n) is 6.62. The molecule has 0 atom stereocenters. The lowest BCUT2D eigenvalue weighted by Crippen LogP contribution is -2.08. The molecule has 0 fully saturated rings. The van der Waals surface area contributed by atoms with Gasteiger partial charge in [-0.1, -0.05) is 0 Å². The van der Waals surface area contributed by atoms with Gasteiger partial charge in [0.2, 0.25) is 0 Å². The molecule has 0 aromatic heterocycles. The Kier molecular flexibility index (Phi) is 2.85. The van der Waals surface area contributed by atoms with Crippen molar-refractivity contribution in [1.29, 1.82) is 0 Å². The van der Waals surface area contributed by atoms with Crippen molar-refractivity contribution in [3.63, 3.8) is 0 Å². The van der Waals surface area contributed by atoms with Gasteiger partial charge in [0.25, 0.3) is 0 Å². The van der Waals surface area contributed by atoms with Crippen LogP contribution in [0.25, 0.3) is 0 Å². The topological polar surface area (TPSA) is 74.6 Å². The third kappa shape index (κ3) is 1.90. The summed E-state index contributed by atoms with van der Waals surface area (Å²) >= 11 is 2.77. The van der Waals surface area contributed by atoms with Gasteiger partial charge in [-0.25, -0.2) is 14.0 Å². The molecular weight excluding hydrogens is 259 g/mol. The summed E-state index contributed by atoms with van der Waals surface area (Å²) in [6.45, 7) is 0. The number of carboxylic acids is 2. The smallest absolute Gasteiger partial charge is 0.336 e. The second kappa shape index (κ2) is 3.75. The molecule has 1 aromatic rings. The van der Waals surface area contributed by atoms with E-state index in [2.05, 4.69) is 15.9 Å². The highest BCUT2D eigenvalue weighted by Crippen LogP contribution is 2.21. The molecule has 0 heterocycles. The van der Waals surface area contributed by atoms with Crippen LogP contribution in [0.2, 0.25) is 0 Å². The minimum atomic E-state index is -1.48. The summed E-state index contributed by atoms with van der Waals surface area (Å²) in [5.74, 6) is -3.70. The van der Waals surface area contributed by atoms with Crippen molar-refractivity contribution in [3.05, 3.63) is 33.5 Å². The van der Waals surface area contributed by atoms with Crippen molar-refractivity contribution in [2.24, 2.45) is 0 Å². The third-order valence-corrected chi connectivity index (χ3v) is 2.13. The Balaban J connectivity index is 3.46. The highest BCUT2D eigenvalue weighted by molar-refractivity contribution is 9.10. The van der Waals surface area contributed by atoms with Gasteiger partial charge in [-0.15, -0.1) is 0 Å². The predicted molar refractivity (Wildman–Crippen MR) is 48.0 cm³/mol. The molecule has 0 aliphatic carbocycles. The van der Waals surface area contributed by atoms with E-state index >= 15 is 0 Å². The van der Waals surface area contributed by atoms with Crippen LogP contribution in [-0.2, 0) is 0 Å². The van der Waals surface area contributed by atoms with Crippen molar-refractivity contribution in [3.8, 4) is 0 Å². The monoisotopic (exact) mass is 262 g/mol. The van der Waals surface area contributed by atoms with E-state index in [-0.39, 0.29) is 4.47 Å². The van der Waals surface area contributed by atoms with Gasteiger partial charge in [0.05, 0.1) is 15.6 Å². The molecule has 74 valence electrons. The van der Waals surface area contributed by atoms with Crippen molar-refractivity contribution in [2.45, 2.75) is 0 Å². The van der Waals surface area contributed by atoms with E-state index in [4.69, 9.17) is 10.2 Å². The molecule has 14 heavy (non-hydrogen) atoms. The first-order valence-electron chi connectivity index (χ1n) is 3.39. The van der Waals surface area contributed by atoms with E-state index in [0.29, 0.717) is 6.07 Å². The van der Waals surface area contributed by atoms with E-state index < -0.39 is 28.9 Å². The molecule has 0 amide bonds. The predicted octanol–water partition coefficient (Wildman–Crippen LogP) is 1.98. The van der Waals surface area contributed by atoms with Crippen LogP contribution in [0.5, 0.6) is 0 Å². The van der Waals surface area contributed by atoms with Crippen molar-refractivity contribution >= 4 is 27.9 Å². The summed E-state index contributed by atoms with van der Waals surface area (Å²) in [6, 6.07) is 1.58. The van der Waals surface area contributed by atoms with Crippen molar-refractivity contribution in [1.82, 2.24) is 0 Å². The number of halogens is 2. The van der Waals surface area contributed by atoms with E-state index in [1.54, 1.807) is 0 Å². The van der Waals surface area contributed by atoms with E-state index in [1.807, 2.05) is 0 Å². The molecule has 1 aromatic carbocycles. The van der Waals surface area contributed by atoms with Crippen LogP contribution >= 0.6 is 15.9 Å². The summed E-state index contributed by atoms with van der Waals surface area (Å²) in [5, 5.41) is 17.2. The van der Waals surface area contributed by atoms with E-state index in [9.17, 15) is 14.0 Å². The molecule has 2 N–H and O–H groups in total. The van der Waals surface area contributed by atoms with Crippen LogP contribution < -0.4 is 0 Å². The molecule has 0 saturated heterocycles. The first kappa shape index (κ1) is 10.6. The maximum atomic E-state index is 12.9. The summed E-state index contributed by atoms with van der Waals surface area (Å²) in [7, 11) is 0. The zero-order valence-corrected chi connectivity index (χ0v) is 8.21. The molecule has 4 nitrogen and oxygen atoms in total. The zero-order chi connectivity index (χ0) is 10.9. The number of benzene rings is 1. The van der Waals surface area contributed by atoms with Crippen LogP contribution in [-0.4, -0.2) is 22.2 Å². The van der Waals surface area contributed by atoms with E-state index in [0.717, 1.165) is 6.07 Å². The van der Waals surface area contributed by atoms with Gasteiger partial charge >= 0.3 is 11.9 Å². The molecule has 6 heteroatoms. The lowest BCUT2D eigenvalue weighted by Gasteiger charge is -2.02. The maximum absolute atomic E-state index is 12.9. The minimum absolute atomic E-state index is 0.0834. The van der Waals surface area contributed by atoms with Crippen LogP contribution in [0.1, 0.15) is 20.7 Å². The maximum Gasteiger partial charge on any atom is 0.336 e. The number of carboxylic acid groups (broad SMARTS) is 2. The summed E-state index contributed by atoms with van der Waals surface area (Å²) in [6.07, 6.45) is 0. The minimum Gasteiger partial charge on any atom is -0.478 e. The molecule has 0 aliphatic heterocycles. The fourth-order valence-electron chi connectivity index (χ4n) is 0.901. The standard InChI is InChI=1S/C8H4BrFO4/c9-5-1-3(7(11)12)4(8(13)14)2-6(5)10/h1-2H,(H,11,12)(H,13,14). The second-order valence-electron chi connectivity index (χ2n) is 2.42. The average molecular weight is 263 g/mol. The first-order valence-corrected chi connectivity index (χ1v) is 4.18. The number of carbonyl (C=O) groups is 2.